The van der Waals surface area contributed by atoms with Gasteiger partial charge in [-0.05, 0) is 0 Å². The molecule has 0 amide bonds. The van der Waals surface area contributed by atoms with E-state index in [1.165, 1.54) is 0 Å². The molecule has 4 heteroatoms. The molecule has 0 aromatic carbocycles. The normalized spacial score (nSPS) is 20.5. The first-order valence-electron chi connectivity index (χ1n) is 3.00. The molecule has 52 valence electrons. The molecule has 3 nitrogen and oxygen atoms in total. The topological polar surface area (TPSA) is 49.4 Å². The quantitative estimate of drug-likeness (QED) is 0.364. The maximum atomic E-state index is 10.2. The van der Waals surface area contributed by atoms with Gasteiger partial charge in [0.2, 0.25) is 0 Å². The van der Waals surface area contributed by atoms with E-state index in [1.807, 2.05) is 0 Å². The Morgan fingerprint density at radius 2 is 2.20 bits per heavy atom. The summed E-state index contributed by atoms with van der Waals surface area (Å²) < 4.78 is 4.82. The van der Waals surface area contributed by atoms with E-state index >= 15 is 0 Å². The van der Waals surface area contributed by atoms with Crippen LogP contribution < -0.4 is 24.0 Å². The summed E-state index contributed by atoms with van der Waals surface area (Å²) in [6.07, 6.45) is 0. The first kappa shape index (κ1) is 10.0. The summed E-state index contributed by atoms with van der Waals surface area (Å²) in [6.45, 7) is 2.81. The van der Waals surface area contributed by atoms with Crippen LogP contribution in [0.15, 0.2) is 0 Å². The number of ether oxygens (including phenoxy) is 1. The molecule has 1 saturated heterocycles. The summed E-state index contributed by atoms with van der Waals surface area (Å²) in [5.74, 6) is -1.13. The summed E-state index contributed by atoms with van der Waals surface area (Å²) in [6, 6.07) is 0. The van der Waals surface area contributed by atoms with Crippen LogP contribution in [0.1, 0.15) is 6.92 Å². The zero-order valence-electron chi connectivity index (χ0n) is 6.29. The summed E-state index contributed by atoms with van der Waals surface area (Å²) >= 11 is 0. The average Bonchev–Trinajstić information content (AvgIpc) is 1.60. The minimum absolute atomic E-state index is 0. The fourth-order valence-electron chi connectivity index (χ4n) is 0.735. The van der Waals surface area contributed by atoms with Crippen LogP contribution >= 0.6 is 0 Å². The van der Waals surface area contributed by atoms with Gasteiger partial charge in [0.1, 0.15) is 0 Å². The Balaban J connectivity index is 0.000000810. The predicted octanol–water partition coefficient (Wildman–Crippen LogP) is -3.98. The van der Waals surface area contributed by atoms with E-state index in [0.29, 0.717) is 13.2 Å². The van der Waals surface area contributed by atoms with Gasteiger partial charge < -0.3 is 14.6 Å². The van der Waals surface area contributed by atoms with Gasteiger partial charge in [-0.1, -0.05) is 6.92 Å². The number of carbonyl (C=O) groups is 1. The number of aliphatic carboxylic acids is 1. The molecule has 0 N–H and O–H groups in total. The largest absolute Gasteiger partial charge is 1.00 e. The molecule has 1 aliphatic heterocycles. The van der Waals surface area contributed by atoms with Crippen molar-refractivity contribution in [1.82, 2.24) is 0 Å². The molecule has 0 aromatic heterocycles. The first-order valence-corrected chi connectivity index (χ1v) is 3.00. The number of carboxylic acid groups (broad SMARTS) is 1. The van der Waals surface area contributed by atoms with Crippen molar-refractivity contribution in [2.75, 3.05) is 13.2 Å². The summed E-state index contributed by atoms with van der Waals surface area (Å²) in [5, 5.41) is 10.2. The van der Waals surface area contributed by atoms with E-state index in [0.717, 1.165) is 0 Å². The third-order valence-electron chi connectivity index (χ3n) is 1.74. The Bertz CT molecular complexity index is 122. The van der Waals surface area contributed by atoms with E-state index in [9.17, 15) is 9.90 Å². The van der Waals surface area contributed by atoms with Crippen LogP contribution in [-0.4, -0.2) is 19.2 Å². The van der Waals surface area contributed by atoms with E-state index in [-0.39, 0.29) is 30.7 Å². The number of carbonyl (C=O) groups excluding carboxylic acids is 1. The number of rotatable bonds is 2. The van der Waals surface area contributed by atoms with Crippen LogP contribution in [0.3, 0.4) is 0 Å². The molecule has 1 atom stereocenters. The SMILES string of the molecule is CC(C(=O)[O-])C1COC1.[Li+]. The predicted molar refractivity (Wildman–Crippen MR) is 28.5 cm³/mol. The Labute approximate surface area is 71.9 Å². The van der Waals surface area contributed by atoms with Crippen molar-refractivity contribution in [2.24, 2.45) is 11.8 Å². The molecule has 0 bridgehead atoms. The van der Waals surface area contributed by atoms with Gasteiger partial charge in [-0.15, -0.1) is 0 Å². The molecular formula is C6H9LiO3. The van der Waals surface area contributed by atoms with Crippen molar-refractivity contribution in [3.8, 4) is 0 Å². The van der Waals surface area contributed by atoms with Gasteiger partial charge in [0.15, 0.2) is 0 Å². The molecule has 1 fully saturated rings. The van der Waals surface area contributed by atoms with Crippen molar-refractivity contribution in [3.05, 3.63) is 0 Å². The molecule has 0 radical (unpaired) electrons. The van der Waals surface area contributed by atoms with Crippen LogP contribution in [0.2, 0.25) is 0 Å². The third-order valence-corrected chi connectivity index (χ3v) is 1.74. The molecule has 10 heavy (non-hydrogen) atoms. The number of hydrogen-bond acceptors (Lipinski definition) is 3. The Kier molecular flexibility index (Phi) is 4.03. The molecule has 1 aliphatic rings. The van der Waals surface area contributed by atoms with E-state index in [1.54, 1.807) is 6.92 Å². The second-order valence-corrected chi connectivity index (χ2v) is 2.41. The van der Waals surface area contributed by atoms with E-state index in [2.05, 4.69) is 0 Å². The molecule has 0 aliphatic carbocycles. The van der Waals surface area contributed by atoms with Gasteiger partial charge in [0, 0.05) is 17.8 Å². The zero-order chi connectivity index (χ0) is 6.85. The average molecular weight is 136 g/mol. The second-order valence-electron chi connectivity index (χ2n) is 2.41. The van der Waals surface area contributed by atoms with Crippen LogP contribution in [0.5, 0.6) is 0 Å². The molecule has 1 heterocycles. The number of hydrogen-bond donors (Lipinski definition) is 0. The van der Waals surface area contributed by atoms with Crippen molar-refractivity contribution in [3.63, 3.8) is 0 Å². The fourth-order valence-corrected chi connectivity index (χ4v) is 0.735. The smallest absolute Gasteiger partial charge is 0.550 e. The minimum atomic E-state index is -0.969. The molecule has 1 rings (SSSR count). The Morgan fingerprint density at radius 1 is 1.70 bits per heavy atom. The fraction of sp³-hybridized carbons (Fsp3) is 0.833. The van der Waals surface area contributed by atoms with Crippen molar-refractivity contribution in [1.29, 1.82) is 0 Å². The van der Waals surface area contributed by atoms with Crippen molar-refractivity contribution >= 4 is 5.97 Å². The maximum absolute atomic E-state index is 10.2. The van der Waals surface area contributed by atoms with Crippen LogP contribution in [-0.2, 0) is 9.53 Å². The Hall–Kier alpha value is 0.0274. The van der Waals surface area contributed by atoms with Crippen LogP contribution in [0.4, 0.5) is 0 Å². The molecule has 1 unspecified atom stereocenters. The van der Waals surface area contributed by atoms with Crippen molar-refractivity contribution in [2.45, 2.75) is 6.92 Å². The summed E-state index contributed by atoms with van der Waals surface area (Å²) in [4.78, 5) is 10.2. The maximum Gasteiger partial charge on any atom is 1.00 e. The molecule has 0 spiro atoms. The summed E-state index contributed by atoms with van der Waals surface area (Å²) in [7, 11) is 0. The van der Waals surface area contributed by atoms with Gasteiger partial charge in [-0.2, -0.15) is 0 Å². The van der Waals surface area contributed by atoms with E-state index < -0.39 is 5.97 Å². The van der Waals surface area contributed by atoms with Gasteiger partial charge in [-0.3, -0.25) is 0 Å². The molecule has 0 saturated carbocycles. The summed E-state index contributed by atoms with van der Waals surface area (Å²) in [5.41, 5.74) is 0. The molecule has 0 aromatic rings. The van der Waals surface area contributed by atoms with Gasteiger partial charge >= 0.3 is 18.9 Å². The van der Waals surface area contributed by atoms with Gasteiger partial charge in [-0.25, -0.2) is 0 Å². The molecular weight excluding hydrogens is 127 g/mol. The standard InChI is InChI=1S/C6H10O3.Li/c1-4(6(7)8)5-2-9-3-5;/h4-5H,2-3H2,1H3,(H,7,8);/q;+1/p-1. The third kappa shape index (κ3) is 2.01. The van der Waals surface area contributed by atoms with Crippen LogP contribution in [0, 0.1) is 11.8 Å². The van der Waals surface area contributed by atoms with Crippen LogP contribution in [0.25, 0.3) is 0 Å². The first-order chi connectivity index (χ1) is 4.22. The van der Waals surface area contributed by atoms with Crippen molar-refractivity contribution < 1.29 is 33.5 Å². The Morgan fingerprint density at radius 3 is 2.30 bits per heavy atom. The second kappa shape index (κ2) is 4.02. The minimum Gasteiger partial charge on any atom is -0.550 e. The van der Waals surface area contributed by atoms with Gasteiger partial charge in [0.25, 0.3) is 0 Å². The van der Waals surface area contributed by atoms with E-state index in [4.69, 9.17) is 4.74 Å². The monoisotopic (exact) mass is 136 g/mol. The zero-order valence-corrected chi connectivity index (χ0v) is 6.29. The van der Waals surface area contributed by atoms with Gasteiger partial charge in [0.05, 0.1) is 13.2 Å². The number of carboxylic acids is 1.